The minimum atomic E-state index is 0.230. The molecule has 5 heteroatoms. The third-order valence-corrected chi connectivity index (χ3v) is 4.46. The number of imidazole rings is 1. The number of hydrogen-bond acceptors (Lipinski definition) is 4. The molecule has 0 aromatic carbocycles. The maximum Gasteiger partial charge on any atom is 0.122 e. The van der Waals surface area contributed by atoms with Crippen molar-refractivity contribution < 1.29 is 4.74 Å². The standard InChI is InChI=1S/C18H24N4O/c1-3-11-23-17-6-9-22(14-18-20-8-10-21(18)2)16(17)12-15-5-4-7-19-13-15/h3-5,7-8,10,13,16-17H,1,6,9,11-12,14H2,2H3/t16-,17+/m0/s1. The highest BCUT2D eigenvalue weighted by molar-refractivity contribution is 5.12. The monoisotopic (exact) mass is 312 g/mol. The largest absolute Gasteiger partial charge is 0.372 e. The van der Waals surface area contributed by atoms with Crippen molar-refractivity contribution in [1.29, 1.82) is 0 Å². The van der Waals surface area contributed by atoms with Gasteiger partial charge in [0.1, 0.15) is 5.82 Å². The molecule has 23 heavy (non-hydrogen) atoms. The third kappa shape index (κ3) is 3.86. The van der Waals surface area contributed by atoms with E-state index in [9.17, 15) is 0 Å². The Balaban J connectivity index is 1.74. The van der Waals surface area contributed by atoms with Gasteiger partial charge in [-0.2, -0.15) is 0 Å². The van der Waals surface area contributed by atoms with Crippen LogP contribution in [0.5, 0.6) is 0 Å². The molecule has 3 rings (SSSR count). The van der Waals surface area contributed by atoms with Crippen LogP contribution >= 0.6 is 0 Å². The normalized spacial score (nSPS) is 21.6. The molecule has 0 radical (unpaired) electrons. The summed E-state index contributed by atoms with van der Waals surface area (Å²) in [5.41, 5.74) is 1.25. The summed E-state index contributed by atoms with van der Waals surface area (Å²) in [5, 5.41) is 0. The first-order chi connectivity index (χ1) is 11.3. The van der Waals surface area contributed by atoms with Crippen LogP contribution in [0.2, 0.25) is 0 Å². The Morgan fingerprint density at radius 2 is 2.35 bits per heavy atom. The summed E-state index contributed by atoms with van der Waals surface area (Å²) in [5.74, 6) is 1.09. The van der Waals surface area contributed by atoms with Gasteiger partial charge in [0.05, 0.1) is 19.3 Å². The van der Waals surface area contributed by atoms with E-state index in [0.29, 0.717) is 12.6 Å². The first-order valence-electron chi connectivity index (χ1n) is 8.09. The molecule has 1 fully saturated rings. The van der Waals surface area contributed by atoms with Crippen LogP contribution in [-0.4, -0.2) is 44.7 Å². The Labute approximate surface area is 137 Å². The summed E-state index contributed by atoms with van der Waals surface area (Å²) >= 11 is 0. The quantitative estimate of drug-likeness (QED) is 0.735. The molecule has 2 atom stereocenters. The second-order valence-electron chi connectivity index (χ2n) is 6.01. The average Bonchev–Trinajstić information content (AvgIpc) is 3.14. The second kappa shape index (κ2) is 7.53. The van der Waals surface area contributed by atoms with Crippen molar-refractivity contribution in [2.24, 2.45) is 7.05 Å². The molecule has 1 saturated heterocycles. The highest BCUT2D eigenvalue weighted by Gasteiger charge is 2.35. The molecule has 0 spiro atoms. The van der Waals surface area contributed by atoms with E-state index < -0.39 is 0 Å². The van der Waals surface area contributed by atoms with Crippen molar-refractivity contribution in [2.45, 2.75) is 31.5 Å². The molecule has 0 bridgehead atoms. The van der Waals surface area contributed by atoms with Crippen molar-refractivity contribution in [3.63, 3.8) is 0 Å². The molecule has 122 valence electrons. The fourth-order valence-electron chi connectivity index (χ4n) is 3.22. The Hall–Kier alpha value is -1.98. The van der Waals surface area contributed by atoms with E-state index in [-0.39, 0.29) is 6.10 Å². The van der Waals surface area contributed by atoms with Gasteiger partial charge in [0, 0.05) is 44.4 Å². The Bertz CT molecular complexity index is 625. The Morgan fingerprint density at radius 3 is 3.04 bits per heavy atom. The van der Waals surface area contributed by atoms with Crippen LogP contribution in [0.25, 0.3) is 0 Å². The first-order valence-corrected chi connectivity index (χ1v) is 8.09. The summed E-state index contributed by atoms with van der Waals surface area (Å²) in [7, 11) is 2.04. The SMILES string of the molecule is C=CCO[C@@H]1CCN(Cc2nccn2C)[C@H]1Cc1cccnc1. The number of rotatable bonds is 7. The van der Waals surface area contributed by atoms with Crippen molar-refractivity contribution in [2.75, 3.05) is 13.2 Å². The first kappa shape index (κ1) is 15.9. The summed E-state index contributed by atoms with van der Waals surface area (Å²) in [6.45, 7) is 6.24. The van der Waals surface area contributed by atoms with E-state index in [0.717, 1.165) is 31.8 Å². The predicted molar refractivity (Wildman–Crippen MR) is 89.9 cm³/mol. The zero-order valence-electron chi connectivity index (χ0n) is 13.6. The van der Waals surface area contributed by atoms with E-state index in [1.54, 1.807) is 0 Å². The van der Waals surface area contributed by atoms with Gasteiger partial charge in [0.25, 0.3) is 0 Å². The highest BCUT2D eigenvalue weighted by Crippen LogP contribution is 2.25. The number of likely N-dealkylation sites (tertiary alicyclic amines) is 1. The molecule has 0 saturated carbocycles. The highest BCUT2D eigenvalue weighted by atomic mass is 16.5. The van der Waals surface area contributed by atoms with Crippen molar-refractivity contribution in [3.05, 3.63) is 61.0 Å². The smallest absolute Gasteiger partial charge is 0.122 e. The number of ether oxygens (including phenoxy) is 1. The Kier molecular flexibility index (Phi) is 5.20. The van der Waals surface area contributed by atoms with Crippen LogP contribution in [0.15, 0.2) is 49.6 Å². The molecule has 5 nitrogen and oxygen atoms in total. The van der Waals surface area contributed by atoms with Crippen LogP contribution in [0.4, 0.5) is 0 Å². The van der Waals surface area contributed by atoms with Gasteiger partial charge in [-0.25, -0.2) is 4.98 Å². The van der Waals surface area contributed by atoms with Crippen LogP contribution < -0.4 is 0 Å². The minimum absolute atomic E-state index is 0.230. The summed E-state index contributed by atoms with van der Waals surface area (Å²) in [4.78, 5) is 11.2. The van der Waals surface area contributed by atoms with E-state index in [2.05, 4.69) is 32.1 Å². The molecule has 2 aromatic rings. The van der Waals surface area contributed by atoms with Gasteiger partial charge < -0.3 is 9.30 Å². The molecule has 1 aliphatic rings. The van der Waals surface area contributed by atoms with Crippen LogP contribution in [0, 0.1) is 0 Å². The number of pyridine rings is 1. The number of hydrogen-bond donors (Lipinski definition) is 0. The number of aromatic nitrogens is 3. The van der Waals surface area contributed by atoms with Gasteiger partial charge in [0.2, 0.25) is 0 Å². The minimum Gasteiger partial charge on any atom is -0.372 e. The maximum absolute atomic E-state index is 6.01. The van der Waals surface area contributed by atoms with Gasteiger partial charge in [-0.05, 0) is 24.5 Å². The van der Waals surface area contributed by atoms with Crippen molar-refractivity contribution in [3.8, 4) is 0 Å². The molecule has 0 aliphatic carbocycles. The molecular formula is C18H24N4O. The lowest BCUT2D eigenvalue weighted by Crippen LogP contribution is -2.38. The van der Waals surface area contributed by atoms with Crippen molar-refractivity contribution >= 4 is 0 Å². The van der Waals surface area contributed by atoms with Gasteiger partial charge >= 0.3 is 0 Å². The lowest BCUT2D eigenvalue weighted by molar-refractivity contribution is 0.0415. The topological polar surface area (TPSA) is 43.2 Å². The van der Waals surface area contributed by atoms with Crippen LogP contribution in [0.1, 0.15) is 17.8 Å². The maximum atomic E-state index is 6.01. The Morgan fingerprint density at radius 1 is 1.43 bits per heavy atom. The van der Waals surface area contributed by atoms with Crippen LogP contribution in [-0.2, 0) is 24.8 Å². The molecule has 3 heterocycles. The molecule has 0 unspecified atom stereocenters. The van der Waals surface area contributed by atoms with Crippen molar-refractivity contribution in [1.82, 2.24) is 19.4 Å². The summed E-state index contributed by atoms with van der Waals surface area (Å²) in [6, 6.07) is 4.47. The lowest BCUT2D eigenvalue weighted by Gasteiger charge is -2.28. The number of nitrogens with zero attached hydrogens (tertiary/aromatic N) is 4. The fraction of sp³-hybridized carbons (Fsp3) is 0.444. The molecular weight excluding hydrogens is 288 g/mol. The second-order valence-corrected chi connectivity index (χ2v) is 6.01. The predicted octanol–water partition coefficient (Wildman–Crippen LogP) is 2.20. The van der Waals surface area contributed by atoms with E-state index in [4.69, 9.17) is 4.74 Å². The zero-order valence-corrected chi connectivity index (χ0v) is 13.6. The van der Waals surface area contributed by atoms with Crippen LogP contribution in [0.3, 0.4) is 0 Å². The molecule has 0 amide bonds. The van der Waals surface area contributed by atoms with Gasteiger partial charge in [-0.1, -0.05) is 12.1 Å². The number of aryl methyl sites for hydroxylation is 1. The fourth-order valence-corrected chi connectivity index (χ4v) is 3.22. The van der Waals surface area contributed by atoms with Gasteiger partial charge in [0.15, 0.2) is 0 Å². The summed E-state index contributed by atoms with van der Waals surface area (Å²) in [6.07, 6.45) is 11.7. The molecule has 2 aromatic heterocycles. The van der Waals surface area contributed by atoms with Gasteiger partial charge in [-0.3, -0.25) is 9.88 Å². The molecule has 1 aliphatic heterocycles. The summed E-state index contributed by atoms with van der Waals surface area (Å²) < 4.78 is 8.09. The molecule has 0 N–H and O–H groups in total. The van der Waals surface area contributed by atoms with E-state index >= 15 is 0 Å². The third-order valence-electron chi connectivity index (χ3n) is 4.46. The zero-order chi connectivity index (χ0) is 16.1. The lowest BCUT2D eigenvalue weighted by atomic mass is 10.0. The van der Waals surface area contributed by atoms with Gasteiger partial charge in [-0.15, -0.1) is 6.58 Å². The average molecular weight is 312 g/mol. The van der Waals surface area contributed by atoms with E-state index in [1.165, 1.54) is 5.56 Å². The van der Waals surface area contributed by atoms with E-state index in [1.807, 2.05) is 44.0 Å².